The number of benzene rings is 1. The monoisotopic (exact) mass is 370 g/mol. The molecule has 0 unspecified atom stereocenters. The number of amides is 1. The lowest BCUT2D eigenvalue weighted by atomic mass is 10.0. The molecule has 0 saturated heterocycles. The normalized spacial score (nSPS) is 13.2. The first-order valence-corrected chi connectivity index (χ1v) is 9.68. The third-order valence-electron chi connectivity index (χ3n) is 4.68. The lowest BCUT2D eigenvalue weighted by molar-refractivity contribution is 0.0905. The van der Waals surface area contributed by atoms with Crippen LogP contribution in [0.5, 0.6) is 0 Å². The minimum Gasteiger partial charge on any atom is -0.346 e. The highest BCUT2D eigenvalue weighted by molar-refractivity contribution is 5.92. The highest BCUT2D eigenvalue weighted by atomic mass is 16.2. The molecule has 5 nitrogen and oxygen atoms in total. The summed E-state index contributed by atoms with van der Waals surface area (Å²) < 4.78 is 1.91. The lowest BCUT2D eigenvalue weighted by Crippen LogP contribution is -2.45. The van der Waals surface area contributed by atoms with Crippen LogP contribution in [-0.4, -0.2) is 40.2 Å². The average molecular weight is 371 g/mol. The van der Waals surface area contributed by atoms with Gasteiger partial charge in [-0.2, -0.15) is 5.10 Å². The summed E-state index contributed by atoms with van der Waals surface area (Å²) in [6.45, 7) is 14.2. The molecule has 5 heteroatoms. The van der Waals surface area contributed by atoms with Crippen molar-refractivity contribution in [1.82, 2.24) is 20.0 Å². The molecule has 1 heterocycles. The Morgan fingerprint density at radius 1 is 1.22 bits per heavy atom. The second kappa shape index (κ2) is 8.70. The molecule has 1 N–H and O–H groups in total. The largest absolute Gasteiger partial charge is 0.346 e. The first kappa shape index (κ1) is 21.2. The maximum Gasteiger partial charge on any atom is 0.272 e. The zero-order valence-electron chi connectivity index (χ0n) is 17.8. The van der Waals surface area contributed by atoms with E-state index in [0.717, 1.165) is 18.8 Å². The minimum absolute atomic E-state index is 0.0614. The Labute approximate surface area is 163 Å². The van der Waals surface area contributed by atoms with Crippen LogP contribution in [0.4, 0.5) is 0 Å². The highest BCUT2D eigenvalue weighted by Crippen LogP contribution is 2.17. The number of hydrogen-bond donors (Lipinski definition) is 1. The van der Waals surface area contributed by atoms with Gasteiger partial charge in [0.2, 0.25) is 0 Å². The van der Waals surface area contributed by atoms with E-state index in [0.29, 0.717) is 11.6 Å². The van der Waals surface area contributed by atoms with Gasteiger partial charge in [0.15, 0.2) is 0 Å². The average Bonchev–Trinajstić information content (AvgIpc) is 2.97. The number of carbonyl (C=O) groups excluding carboxylic acids is 1. The highest BCUT2D eigenvalue weighted by Gasteiger charge is 2.23. The summed E-state index contributed by atoms with van der Waals surface area (Å²) in [6, 6.07) is 12.3. The molecule has 0 saturated carbocycles. The fourth-order valence-electron chi connectivity index (χ4n) is 3.23. The van der Waals surface area contributed by atoms with E-state index < -0.39 is 0 Å². The quantitative estimate of drug-likeness (QED) is 0.806. The van der Waals surface area contributed by atoms with Crippen molar-refractivity contribution in [2.45, 2.75) is 59.7 Å². The number of nitrogens with one attached hydrogen (secondary N) is 1. The van der Waals surface area contributed by atoms with Gasteiger partial charge in [0.05, 0.1) is 5.54 Å². The van der Waals surface area contributed by atoms with E-state index in [-0.39, 0.29) is 17.5 Å². The molecule has 1 amide bonds. The third kappa shape index (κ3) is 5.93. The van der Waals surface area contributed by atoms with Gasteiger partial charge in [0, 0.05) is 24.8 Å². The van der Waals surface area contributed by atoms with E-state index in [2.05, 4.69) is 81.2 Å². The molecular formula is C22H34N4O. The van der Waals surface area contributed by atoms with Crippen molar-refractivity contribution in [3.8, 4) is 0 Å². The molecule has 0 bridgehead atoms. The van der Waals surface area contributed by atoms with Crippen LogP contribution in [0.25, 0.3) is 0 Å². The van der Waals surface area contributed by atoms with Crippen LogP contribution in [0.1, 0.15) is 56.4 Å². The second-order valence-corrected chi connectivity index (χ2v) is 8.76. The van der Waals surface area contributed by atoms with Gasteiger partial charge in [-0.15, -0.1) is 0 Å². The summed E-state index contributed by atoms with van der Waals surface area (Å²) in [5, 5.41) is 7.72. The van der Waals surface area contributed by atoms with Crippen molar-refractivity contribution in [3.05, 3.63) is 53.3 Å². The summed E-state index contributed by atoms with van der Waals surface area (Å²) in [4.78, 5) is 15.0. The summed E-state index contributed by atoms with van der Waals surface area (Å²) in [7, 11) is 2.09. The number of aryl methyl sites for hydroxylation is 1. The number of nitrogens with zero attached hydrogens (tertiary/aromatic N) is 3. The molecule has 0 radical (unpaired) electrons. The van der Waals surface area contributed by atoms with Crippen LogP contribution >= 0.6 is 0 Å². The van der Waals surface area contributed by atoms with Crippen LogP contribution in [0.2, 0.25) is 0 Å². The van der Waals surface area contributed by atoms with Crippen molar-refractivity contribution < 1.29 is 4.79 Å². The van der Waals surface area contributed by atoms with Gasteiger partial charge >= 0.3 is 0 Å². The smallest absolute Gasteiger partial charge is 0.272 e. The Morgan fingerprint density at radius 2 is 1.85 bits per heavy atom. The predicted molar refractivity (Wildman–Crippen MR) is 111 cm³/mol. The van der Waals surface area contributed by atoms with E-state index >= 15 is 0 Å². The molecule has 0 spiro atoms. The van der Waals surface area contributed by atoms with Crippen molar-refractivity contribution in [2.75, 3.05) is 13.6 Å². The van der Waals surface area contributed by atoms with Gasteiger partial charge in [0.1, 0.15) is 5.69 Å². The fraction of sp³-hybridized carbons (Fsp3) is 0.545. The van der Waals surface area contributed by atoms with E-state index in [1.54, 1.807) is 0 Å². The Balaban J connectivity index is 2.04. The zero-order chi connectivity index (χ0) is 20.2. The standard InChI is InChI=1S/C22H34N4O/c1-16(2)20(15-25(7)14-18-11-9-8-10-12-18)23-21(27)19-13-17(3)26(24-19)22(4,5)6/h8-13,16,20H,14-15H2,1-7H3,(H,23,27)/t20-/m0/s1. The van der Waals surface area contributed by atoms with Crippen molar-refractivity contribution >= 4 is 5.91 Å². The molecule has 148 valence electrons. The topological polar surface area (TPSA) is 50.2 Å². The molecule has 0 aliphatic carbocycles. The summed E-state index contributed by atoms with van der Waals surface area (Å²) in [5.74, 6) is 0.228. The lowest BCUT2D eigenvalue weighted by Gasteiger charge is -2.27. The van der Waals surface area contributed by atoms with E-state index in [4.69, 9.17) is 0 Å². The Bertz CT molecular complexity index is 743. The number of aromatic nitrogens is 2. The van der Waals surface area contributed by atoms with Crippen LogP contribution in [0.3, 0.4) is 0 Å². The van der Waals surface area contributed by atoms with Gasteiger partial charge in [-0.05, 0) is 52.3 Å². The van der Waals surface area contributed by atoms with E-state index in [1.165, 1.54) is 5.56 Å². The SMILES string of the molecule is Cc1cc(C(=O)N[C@@H](CN(C)Cc2ccccc2)C(C)C)nn1C(C)(C)C. The van der Waals surface area contributed by atoms with Gasteiger partial charge in [0.25, 0.3) is 5.91 Å². The van der Waals surface area contributed by atoms with Crippen molar-refractivity contribution in [3.63, 3.8) is 0 Å². The molecule has 0 aliphatic rings. The van der Waals surface area contributed by atoms with Gasteiger partial charge in [-0.3, -0.25) is 9.48 Å². The molecule has 2 aromatic rings. The molecule has 2 rings (SSSR count). The molecule has 0 aliphatic heterocycles. The van der Waals surface area contributed by atoms with E-state index in [9.17, 15) is 4.79 Å². The van der Waals surface area contributed by atoms with Gasteiger partial charge in [-0.1, -0.05) is 44.2 Å². The van der Waals surface area contributed by atoms with Crippen LogP contribution in [0, 0.1) is 12.8 Å². The molecule has 1 aromatic heterocycles. The number of rotatable bonds is 7. The summed E-state index contributed by atoms with van der Waals surface area (Å²) in [5.41, 5.74) is 2.61. The van der Waals surface area contributed by atoms with E-state index in [1.807, 2.05) is 23.7 Å². The first-order chi connectivity index (χ1) is 12.6. The van der Waals surface area contributed by atoms with Gasteiger partial charge < -0.3 is 10.2 Å². The Kier molecular flexibility index (Phi) is 6.82. The molecule has 0 fully saturated rings. The minimum atomic E-state index is -0.143. The molecular weight excluding hydrogens is 336 g/mol. The van der Waals surface area contributed by atoms with Crippen LogP contribution < -0.4 is 5.32 Å². The number of hydrogen-bond acceptors (Lipinski definition) is 3. The van der Waals surface area contributed by atoms with Gasteiger partial charge in [-0.25, -0.2) is 0 Å². The summed E-state index contributed by atoms with van der Waals surface area (Å²) >= 11 is 0. The Morgan fingerprint density at radius 3 is 2.37 bits per heavy atom. The molecule has 27 heavy (non-hydrogen) atoms. The fourth-order valence-corrected chi connectivity index (χ4v) is 3.23. The van der Waals surface area contributed by atoms with Crippen LogP contribution in [-0.2, 0) is 12.1 Å². The number of carbonyl (C=O) groups is 1. The van der Waals surface area contributed by atoms with Crippen molar-refractivity contribution in [2.24, 2.45) is 5.92 Å². The Hall–Kier alpha value is -2.14. The zero-order valence-corrected chi connectivity index (χ0v) is 17.8. The molecule has 1 aromatic carbocycles. The maximum atomic E-state index is 12.8. The second-order valence-electron chi connectivity index (χ2n) is 8.76. The number of likely N-dealkylation sites (N-methyl/N-ethyl adjacent to an activating group) is 1. The maximum absolute atomic E-state index is 12.8. The predicted octanol–water partition coefficient (Wildman–Crippen LogP) is 3.83. The first-order valence-electron chi connectivity index (χ1n) is 9.68. The molecule has 1 atom stereocenters. The van der Waals surface area contributed by atoms with Crippen LogP contribution in [0.15, 0.2) is 36.4 Å². The summed E-state index contributed by atoms with van der Waals surface area (Å²) in [6.07, 6.45) is 0. The van der Waals surface area contributed by atoms with Crippen molar-refractivity contribution in [1.29, 1.82) is 0 Å². The third-order valence-corrected chi connectivity index (χ3v) is 4.68.